The van der Waals surface area contributed by atoms with Crippen LogP contribution in [0.5, 0.6) is 0 Å². The number of nitrogens with zero attached hydrogens (tertiary/aromatic N) is 2. The van der Waals surface area contributed by atoms with Gasteiger partial charge in [0, 0.05) is 28.5 Å². The lowest BCUT2D eigenvalue weighted by molar-refractivity contribution is 0.0527. The molecule has 6 rings (SSSR count). The standard InChI is InChI=1S/C38H40N4O2/c1-10-44-38(43)34-35-20(3)15-33(42-35)28(16-27-13-11-19(2)12-14-27)36-25(8)23(6)31(40-36)17-29-21(4)22(5)30(39-29)18-32-24(7)26(9)37(34)41-32/h11-15,17-18,39,42H,10,16H2,1-9H3. The van der Waals surface area contributed by atoms with E-state index >= 15 is 0 Å². The molecule has 0 radical (unpaired) electrons. The highest BCUT2D eigenvalue weighted by Crippen LogP contribution is 2.37. The lowest BCUT2D eigenvalue weighted by Crippen LogP contribution is -2.08. The minimum absolute atomic E-state index is 0.274. The van der Waals surface area contributed by atoms with Crippen LogP contribution in [0.4, 0.5) is 0 Å². The van der Waals surface area contributed by atoms with Gasteiger partial charge in [-0.25, -0.2) is 14.8 Å². The Kier molecular flexibility index (Phi) is 7.40. The van der Waals surface area contributed by atoms with Gasteiger partial charge in [-0.15, -0.1) is 0 Å². The van der Waals surface area contributed by atoms with Crippen LogP contribution in [0, 0.1) is 27.7 Å². The molecule has 224 valence electrons. The molecular formula is C38H40N4O2. The number of H-pyrrole nitrogens is 2. The SMILES string of the molecule is CCOC(=O)c1c2nc(cc3[nH]c(cc4nc(c(Cc5ccc(C)cc5)c5cc(C)c1[nH]5)C(C)=C4C)c(C)c3C)C(C)=C2C. The van der Waals surface area contributed by atoms with Gasteiger partial charge in [0.05, 0.1) is 34.9 Å². The number of hydrogen-bond donors (Lipinski definition) is 2. The molecule has 0 amide bonds. The van der Waals surface area contributed by atoms with Crippen molar-refractivity contribution in [2.75, 3.05) is 6.61 Å². The summed E-state index contributed by atoms with van der Waals surface area (Å²) in [6.45, 7) is 18.9. The molecule has 2 aliphatic rings. The number of aromatic amines is 2. The number of nitrogens with one attached hydrogen (secondary N) is 2. The van der Waals surface area contributed by atoms with E-state index in [1.165, 1.54) is 16.7 Å². The average molecular weight is 585 g/mol. The van der Waals surface area contributed by atoms with E-state index in [0.717, 1.165) is 78.1 Å². The largest absolute Gasteiger partial charge is 0.462 e. The summed E-state index contributed by atoms with van der Waals surface area (Å²) in [4.78, 5) is 31.4. The highest BCUT2D eigenvalue weighted by molar-refractivity contribution is 6.06. The number of esters is 1. The van der Waals surface area contributed by atoms with Gasteiger partial charge < -0.3 is 14.7 Å². The van der Waals surface area contributed by atoms with Gasteiger partial charge in [-0.3, -0.25) is 0 Å². The molecule has 1 aromatic carbocycles. The maximum atomic E-state index is 13.7. The number of aryl methyl sites for hydroxylation is 4. The van der Waals surface area contributed by atoms with Crippen LogP contribution >= 0.6 is 0 Å². The molecule has 44 heavy (non-hydrogen) atoms. The average Bonchev–Trinajstić information content (AvgIpc) is 3.67. The first-order chi connectivity index (χ1) is 21.0. The normalized spacial score (nSPS) is 13.2. The molecule has 2 N–H and O–H groups in total. The fourth-order valence-corrected chi connectivity index (χ4v) is 6.15. The van der Waals surface area contributed by atoms with E-state index in [4.69, 9.17) is 14.7 Å². The molecule has 2 aliphatic heterocycles. The summed E-state index contributed by atoms with van der Waals surface area (Å²) in [6, 6.07) is 15.0. The van der Waals surface area contributed by atoms with E-state index in [0.29, 0.717) is 17.7 Å². The van der Waals surface area contributed by atoms with Crippen LogP contribution in [0.25, 0.3) is 44.4 Å². The molecule has 5 heterocycles. The van der Waals surface area contributed by atoms with Crippen LogP contribution in [-0.2, 0) is 11.2 Å². The summed E-state index contributed by atoms with van der Waals surface area (Å²) in [5.41, 5.74) is 18.6. The number of aromatic nitrogens is 4. The van der Waals surface area contributed by atoms with E-state index in [9.17, 15) is 4.79 Å². The van der Waals surface area contributed by atoms with E-state index in [1.807, 2.05) is 20.8 Å². The number of ether oxygens (including phenoxy) is 1. The Balaban J connectivity index is 1.83. The van der Waals surface area contributed by atoms with Crippen LogP contribution in [0.15, 0.2) is 42.5 Å². The second-order valence-electron chi connectivity index (χ2n) is 12.2. The molecule has 0 unspecified atom stereocenters. The lowest BCUT2D eigenvalue weighted by Gasteiger charge is -2.08. The minimum Gasteiger partial charge on any atom is -0.462 e. The van der Waals surface area contributed by atoms with E-state index in [-0.39, 0.29) is 12.6 Å². The number of rotatable bonds is 4. The number of carbonyl (C=O) groups excluding carboxylic acids is 1. The van der Waals surface area contributed by atoms with Crippen molar-refractivity contribution >= 4 is 50.3 Å². The van der Waals surface area contributed by atoms with Crippen molar-refractivity contribution in [2.24, 2.45) is 0 Å². The predicted octanol–water partition coefficient (Wildman–Crippen LogP) is 9.22. The minimum atomic E-state index is -0.387. The second-order valence-corrected chi connectivity index (χ2v) is 12.2. The van der Waals surface area contributed by atoms with Crippen molar-refractivity contribution in [3.63, 3.8) is 0 Å². The van der Waals surface area contributed by atoms with Gasteiger partial charge in [-0.2, -0.15) is 0 Å². The third-order valence-electron chi connectivity index (χ3n) is 9.36. The Morgan fingerprint density at radius 2 is 1.27 bits per heavy atom. The van der Waals surface area contributed by atoms with Gasteiger partial charge in [0.2, 0.25) is 0 Å². The first-order valence-corrected chi connectivity index (χ1v) is 15.3. The highest BCUT2D eigenvalue weighted by atomic mass is 16.5. The van der Waals surface area contributed by atoms with Crippen molar-refractivity contribution in [1.29, 1.82) is 0 Å². The Morgan fingerprint density at radius 3 is 1.86 bits per heavy atom. The lowest BCUT2D eigenvalue weighted by atomic mass is 9.98. The zero-order valence-electron chi connectivity index (χ0n) is 27.2. The smallest absolute Gasteiger partial charge is 0.342 e. The van der Waals surface area contributed by atoms with E-state index < -0.39 is 0 Å². The summed E-state index contributed by atoms with van der Waals surface area (Å²) < 4.78 is 5.64. The molecule has 0 aliphatic carbocycles. The second kappa shape index (κ2) is 11.1. The third-order valence-corrected chi connectivity index (χ3v) is 9.36. The Labute approximate surface area is 259 Å². The van der Waals surface area contributed by atoms with E-state index in [1.54, 1.807) is 0 Å². The number of allylic oxidation sites excluding steroid dienone is 4. The first-order valence-electron chi connectivity index (χ1n) is 15.3. The predicted molar refractivity (Wildman–Crippen MR) is 181 cm³/mol. The molecular weight excluding hydrogens is 544 g/mol. The van der Waals surface area contributed by atoms with Crippen molar-refractivity contribution in [2.45, 2.75) is 68.7 Å². The van der Waals surface area contributed by atoms with Gasteiger partial charge in [-0.05, 0) is 125 Å². The maximum absolute atomic E-state index is 13.7. The topological polar surface area (TPSA) is 83.7 Å². The Morgan fingerprint density at radius 1 is 0.705 bits per heavy atom. The maximum Gasteiger partial charge on any atom is 0.342 e. The van der Waals surface area contributed by atoms with Crippen LogP contribution in [0.1, 0.15) is 101 Å². The zero-order chi connectivity index (χ0) is 31.4. The number of carbonyl (C=O) groups is 1. The van der Waals surface area contributed by atoms with Crippen molar-refractivity contribution in [3.05, 3.63) is 104 Å². The van der Waals surface area contributed by atoms with Crippen LogP contribution in [0.2, 0.25) is 0 Å². The summed E-state index contributed by atoms with van der Waals surface area (Å²) >= 11 is 0. The molecule has 3 aromatic heterocycles. The van der Waals surface area contributed by atoms with Gasteiger partial charge in [-0.1, -0.05) is 29.8 Å². The molecule has 6 heteroatoms. The summed E-state index contributed by atoms with van der Waals surface area (Å²) in [5, 5.41) is 0. The molecule has 0 saturated carbocycles. The molecule has 0 atom stereocenters. The van der Waals surface area contributed by atoms with Gasteiger partial charge in [0.1, 0.15) is 5.56 Å². The van der Waals surface area contributed by atoms with Crippen molar-refractivity contribution in [1.82, 2.24) is 19.9 Å². The van der Waals surface area contributed by atoms with E-state index in [2.05, 4.69) is 94.0 Å². The monoisotopic (exact) mass is 584 g/mol. The van der Waals surface area contributed by atoms with Crippen LogP contribution in [0.3, 0.4) is 0 Å². The summed E-state index contributed by atoms with van der Waals surface area (Å²) in [7, 11) is 0. The van der Waals surface area contributed by atoms with Gasteiger partial charge in [0.25, 0.3) is 0 Å². The molecule has 0 fully saturated rings. The van der Waals surface area contributed by atoms with Gasteiger partial charge >= 0.3 is 5.97 Å². The molecule has 0 spiro atoms. The molecule has 6 nitrogen and oxygen atoms in total. The van der Waals surface area contributed by atoms with Gasteiger partial charge in [0.15, 0.2) is 0 Å². The first kappa shape index (κ1) is 29.4. The summed E-state index contributed by atoms with van der Waals surface area (Å²) in [5.74, 6) is -0.387. The fraction of sp³-hybridized carbons (Fsp3) is 0.289. The van der Waals surface area contributed by atoms with Crippen LogP contribution < -0.4 is 0 Å². The summed E-state index contributed by atoms with van der Waals surface area (Å²) in [6.07, 6.45) is 0.682. The number of fused-ring (bicyclic) bond motifs is 8. The van der Waals surface area contributed by atoms with Crippen molar-refractivity contribution in [3.8, 4) is 0 Å². The van der Waals surface area contributed by atoms with Crippen LogP contribution in [-0.4, -0.2) is 32.5 Å². The number of benzene rings is 1. The van der Waals surface area contributed by atoms with Crippen molar-refractivity contribution < 1.29 is 9.53 Å². The Hall–Kier alpha value is -4.71. The third kappa shape index (κ3) is 4.88. The fourth-order valence-electron chi connectivity index (χ4n) is 6.15. The highest BCUT2D eigenvalue weighted by Gasteiger charge is 2.25. The number of hydrogen-bond acceptors (Lipinski definition) is 4. The molecule has 8 bridgehead atoms. The Bertz CT molecular complexity index is 2090. The zero-order valence-corrected chi connectivity index (χ0v) is 27.2. The molecule has 0 saturated heterocycles. The molecule has 4 aromatic rings. The quantitative estimate of drug-likeness (QED) is 0.234.